The molecule has 3 N–H and O–H groups in total. The number of nitrogens with one attached hydrogen (secondary N) is 1. The predicted molar refractivity (Wildman–Crippen MR) is 71.5 cm³/mol. The van der Waals surface area contributed by atoms with Crippen molar-refractivity contribution in [3.8, 4) is 0 Å². The molecule has 5 nitrogen and oxygen atoms in total. The Labute approximate surface area is 113 Å². The number of aliphatic carboxylic acids is 1. The van der Waals surface area contributed by atoms with E-state index in [1.54, 1.807) is 6.08 Å². The second-order valence-corrected chi connectivity index (χ2v) is 5.51. The Morgan fingerprint density at radius 2 is 1.84 bits per heavy atom. The average molecular weight is 269 g/mol. The molecule has 0 radical (unpaired) electrons. The molecule has 0 saturated heterocycles. The number of carbonyl (C=O) groups is 2. The summed E-state index contributed by atoms with van der Waals surface area (Å²) < 4.78 is 0. The van der Waals surface area contributed by atoms with Crippen LogP contribution in [-0.4, -0.2) is 34.7 Å². The number of carboxylic acids is 1. The summed E-state index contributed by atoms with van der Waals surface area (Å²) in [6, 6.07) is -0.298. The van der Waals surface area contributed by atoms with Gasteiger partial charge in [-0.15, -0.1) is 0 Å². The first-order valence-corrected chi connectivity index (χ1v) is 6.74. The molecule has 1 aliphatic carbocycles. The van der Waals surface area contributed by atoms with Gasteiger partial charge in [0.15, 0.2) is 0 Å². The number of aliphatic hydroxyl groups excluding tert-OH is 1. The predicted octanol–water partition coefficient (Wildman–Crippen LogP) is 1.18. The molecule has 1 rings (SSSR count). The minimum atomic E-state index is -0.936. The second kappa shape index (κ2) is 7.28. The van der Waals surface area contributed by atoms with E-state index >= 15 is 0 Å². The Hall–Kier alpha value is -1.36. The molecule has 0 aromatic carbocycles. The van der Waals surface area contributed by atoms with Gasteiger partial charge in [0.2, 0.25) is 5.91 Å². The lowest BCUT2D eigenvalue weighted by molar-refractivity contribution is -0.147. The van der Waals surface area contributed by atoms with Crippen molar-refractivity contribution in [2.45, 2.75) is 39.2 Å². The number of aliphatic hydroxyl groups is 1. The van der Waals surface area contributed by atoms with E-state index in [2.05, 4.69) is 5.32 Å². The molecule has 3 atom stereocenters. The van der Waals surface area contributed by atoms with Crippen LogP contribution in [-0.2, 0) is 9.59 Å². The standard InChI is InChI=1S/C14H23NO4/c1-9(2)7-10(8-16)15-13(17)11-5-3-4-6-12(11)14(18)19/h3-4,9-12,16H,5-8H2,1-2H3,(H,15,17)(H,18,19). The highest BCUT2D eigenvalue weighted by Gasteiger charge is 2.34. The molecule has 0 aromatic rings. The van der Waals surface area contributed by atoms with Crippen LogP contribution in [0, 0.1) is 17.8 Å². The summed E-state index contributed by atoms with van der Waals surface area (Å²) in [7, 11) is 0. The van der Waals surface area contributed by atoms with Crippen LogP contribution in [0.1, 0.15) is 33.1 Å². The van der Waals surface area contributed by atoms with E-state index in [9.17, 15) is 14.7 Å². The number of carbonyl (C=O) groups excluding carboxylic acids is 1. The second-order valence-electron chi connectivity index (χ2n) is 5.51. The van der Waals surface area contributed by atoms with E-state index in [1.807, 2.05) is 19.9 Å². The van der Waals surface area contributed by atoms with E-state index in [0.717, 1.165) is 0 Å². The SMILES string of the molecule is CC(C)CC(CO)NC(=O)C1CC=CCC1C(=O)O. The van der Waals surface area contributed by atoms with Gasteiger partial charge in [-0.05, 0) is 25.2 Å². The first kappa shape index (κ1) is 15.7. The van der Waals surface area contributed by atoms with Crippen LogP contribution in [0.5, 0.6) is 0 Å². The van der Waals surface area contributed by atoms with Crippen molar-refractivity contribution in [3.05, 3.63) is 12.2 Å². The lowest BCUT2D eigenvalue weighted by atomic mass is 9.82. The van der Waals surface area contributed by atoms with Crippen molar-refractivity contribution in [2.75, 3.05) is 6.61 Å². The zero-order chi connectivity index (χ0) is 14.4. The topological polar surface area (TPSA) is 86.6 Å². The zero-order valence-electron chi connectivity index (χ0n) is 11.5. The molecular weight excluding hydrogens is 246 g/mol. The zero-order valence-corrected chi connectivity index (χ0v) is 11.5. The highest BCUT2D eigenvalue weighted by atomic mass is 16.4. The maximum Gasteiger partial charge on any atom is 0.307 e. The monoisotopic (exact) mass is 269 g/mol. The van der Waals surface area contributed by atoms with Crippen LogP contribution >= 0.6 is 0 Å². The fourth-order valence-corrected chi connectivity index (χ4v) is 2.43. The van der Waals surface area contributed by atoms with Crippen LogP contribution in [0.15, 0.2) is 12.2 Å². The Balaban J connectivity index is 2.64. The lowest BCUT2D eigenvalue weighted by Gasteiger charge is -2.27. The molecule has 0 spiro atoms. The van der Waals surface area contributed by atoms with E-state index in [4.69, 9.17) is 5.11 Å². The maximum atomic E-state index is 12.1. The summed E-state index contributed by atoms with van der Waals surface area (Å²) in [5.41, 5.74) is 0. The van der Waals surface area contributed by atoms with Gasteiger partial charge in [0.1, 0.15) is 0 Å². The van der Waals surface area contributed by atoms with Gasteiger partial charge >= 0.3 is 5.97 Å². The van der Waals surface area contributed by atoms with Gasteiger partial charge < -0.3 is 15.5 Å². The highest BCUT2D eigenvalue weighted by molar-refractivity contribution is 5.85. The van der Waals surface area contributed by atoms with Crippen molar-refractivity contribution in [2.24, 2.45) is 17.8 Å². The summed E-state index contributed by atoms with van der Waals surface area (Å²) in [4.78, 5) is 23.3. The molecule has 1 amide bonds. The fourth-order valence-electron chi connectivity index (χ4n) is 2.43. The Morgan fingerprint density at radius 1 is 1.26 bits per heavy atom. The first-order valence-electron chi connectivity index (χ1n) is 6.74. The van der Waals surface area contributed by atoms with Crippen molar-refractivity contribution in [1.82, 2.24) is 5.32 Å². The summed E-state index contributed by atoms with van der Waals surface area (Å²) >= 11 is 0. The molecule has 0 fully saturated rings. The Bertz CT molecular complexity index is 351. The van der Waals surface area contributed by atoms with Gasteiger partial charge in [-0.2, -0.15) is 0 Å². The molecule has 0 heterocycles. The molecule has 0 aromatic heterocycles. The molecule has 5 heteroatoms. The van der Waals surface area contributed by atoms with Crippen molar-refractivity contribution < 1.29 is 19.8 Å². The van der Waals surface area contributed by atoms with Gasteiger partial charge in [0.25, 0.3) is 0 Å². The van der Waals surface area contributed by atoms with Crippen LogP contribution in [0.4, 0.5) is 0 Å². The number of carboxylic acid groups (broad SMARTS) is 1. The van der Waals surface area contributed by atoms with Crippen molar-refractivity contribution >= 4 is 11.9 Å². The van der Waals surface area contributed by atoms with Crippen LogP contribution in [0.25, 0.3) is 0 Å². The molecular formula is C14H23NO4. The highest BCUT2D eigenvalue weighted by Crippen LogP contribution is 2.26. The van der Waals surface area contributed by atoms with Gasteiger partial charge in [-0.1, -0.05) is 26.0 Å². The molecule has 19 heavy (non-hydrogen) atoms. The smallest absolute Gasteiger partial charge is 0.307 e. The van der Waals surface area contributed by atoms with Crippen molar-refractivity contribution in [3.63, 3.8) is 0 Å². The summed E-state index contributed by atoms with van der Waals surface area (Å²) in [5, 5.41) is 21.1. The third-order valence-electron chi connectivity index (χ3n) is 3.41. The van der Waals surface area contributed by atoms with Gasteiger partial charge in [-0.3, -0.25) is 9.59 Å². The van der Waals surface area contributed by atoms with Gasteiger partial charge in [0.05, 0.1) is 24.5 Å². The quantitative estimate of drug-likeness (QED) is 0.632. The van der Waals surface area contributed by atoms with Crippen molar-refractivity contribution in [1.29, 1.82) is 0 Å². The number of allylic oxidation sites excluding steroid dienone is 2. The molecule has 0 bridgehead atoms. The number of hydrogen-bond donors (Lipinski definition) is 3. The largest absolute Gasteiger partial charge is 0.481 e. The molecule has 0 aliphatic heterocycles. The molecule has 0 saturated carbocycles. The first-order chi connectivity index (χ1) is 8.95. The van der Waals surface area contributed by atoms with E-state index in [0.29, 0.717) is 25.2 Å². The van der Waals surface area contributed by atoms with Gasteiger partial charge in [-0.25, -0.2) is 0 Å². The summed E-state index contributed by atoms with van der Waals surface area (Å²) in [5.74, 6) is -2.04. The molecule has 1 aliphatic rings. The summed E-state index contributed by atoms with van der Waals surface area (Å²) in [6.45, 7) is 3.90. The van der Waals surface area contributed by atoms with Crippen LogP contribution in [0.3, 0.4) is 0 Å². The van der Waals surface area contributed by atoms with E-state index in [1.165, 1.54) is 0 Å². The fraction of sp³-hybridized carbons (Fsp3) is 0.714. The number of rotatable bonds is 6. The third-order valence-corrected chi connectivity index (χ3v) is 3.41. The summed E-state index contributed by atoms with van der Waals surface area (Å²) in [6.07, 6.45) is 5.17. The van der Waals surface area contributed by atoms with E-state index in [-0.39, 0.29) is 18.6 Å². The average Bonchev–Trinajstić information content (AvgIpc) is 2.37. The Kier molecular flexibility index (Phi) is 6.02. The molecule has 3 unspecified atom stereocenters. The minimum absolute atomic E-state index is 0.121. The number of hydrogen-bond acceptors (Lipinski definition) is 3. The van der Waals surface area contributed by atoms with Crippen LogP contribution < -0.4 is 5.32 Å². The normalized spacial score (nSPS) is 24.2. The number of amides is 1. The maximum absolute atomic E-state index is 12.1. The third kappa shape index (κ3) is 4.67. The van der Waals surface area contributed by atoms with Gasteiger partial charge in [0, 0.05) is 0 Å². The van der Waals surface area contributed by atoms with Crippen LogP contribution in [0.2, 0.25) is 0 Å². The lowest BCUT2D eigenvalue weighted by Crippen LogP contribution is -2.45. The molecule has 108 valence electrons. The van der Waals surface area contributed by atoms with E-state index < -0.39 is 17.8 Å². The minimum Gasteiger partial charge on any atom is -0.481 e. The Morgan fingerprint density at radius 3 is 2.32 bits per heavy atom.